The van der Waals surface area contributed by atoms with Crippen LogP contribution in [-0.4, -0.2) is 46.7 Å². The van der Waals surface area contributed by atoms with Crippen LogP contribution in [0.2, 0.25) is 5.02 Å². The number of ether oxygens (including phenoxy) is 3. The van der Waals surface area contributed by atoms with Gasteiger partial charge >= 0.3 is 5.97 Å². The van der Waals surface area contributed by atoms with Crippen LogP contribution in [0.5, 0.6) is 17.4 Å². The number of nitrogens with zero attached hydrogens (tertiary/aromatic N) is 2. The van der Waals surface area contributed by atoms with E-state index in [9.17, 15) is 9.59 Å². The molecule has 8 nitrogen and oxygen atoms in total. The number of halogens is 1. The zero-order valence-electron chi connectivity index (χ0n) is 20.2. The monoisotopic (exact) mass is 508 g/mol. The Kier molecular flexibility index (Phi) is 7.17. The molecule has 0 bridgehead atoms. The number of carbonyl (C=O) groups is 2. The van der Waals surface area contributed by atoms with Crippen molar-refractivity contribution in [3.63, 3.8) is 0 Å². The first kappa shape index (κ1) is 25.1. The van der Waals surface area contributed by atoms with Gasteiger partial charge in [-0.05, 0) is 61.9 Å². The number of rotatable bonds is 9. The molecule has 0 saturated carbocycles. The molecule has 0 saturated heterocycles. The van der Waals surface area contributed by atoms with E-state index in [0.29, 0.717) is 50.9 Å². The maximum atomic E-state index is 13.6. The number of fused-ring (bicyclic) bond motifs is 1. The molecule has 1 atom stereocenters. The van der Waals surface area contributed by atoms with E-state index in [-0.39, 0.29) is 11.7 Å². The van der Waals surface area contributed by atoms with Crippen molar-refractivity contribution < 1.29 is 28.9 Å². The smallest absolute Gasteiger partial charge is 0.344 e. The van der Waals surface area contributed by atoms with Gasteiger partial charge in [-0.25, -0.2) is 4.79 Å². The third-order valence-electron chi connectivity index (χ3n) is 5.89. The predicted molar refractivity (Wildman–Crippen MR) is 136 cm³/mol. The summed E-state index contributed by atoms with van der Waals surface area (Å²) in [5, 5.41) is 10.1. The lowest BCUT2D eigenvalue weighted by atomic mass is 10.0. The molecule has 2 aromatic heterocycles. The maximum absolute atomic E-state index is 13.6. The fourth-order valence-electron chi connectivity index (χ4n) is 4.01. The highest BCUT2D eigenvalue weighted by Crippen LogP contribution is 2.34. The van der Waals surface area contributed by atoms with Crippen LogP contribution in [0.3, 0.4) is 0 Å². The van der Waals surface area contributed by atoms with E-state index in [0.717, 1.165) is 5.56 Å². The number of hydrogen-bond acceptors (Lipinski definition) is 6. The topological polar surface area (TPSA) is 99.9 Å². The number of methoxy groups -OCH3 is 2. The van der Waals surface area contributed by atoms with Gasteiger partial charge in [-0.1, -0.05) is 23.7 Å². The molecule has 0 radical (unpaired) electrons. The molecule has 0 aliphatic carbocycles. The number of benzene rings is 2. The molecule has 0 aliphatic rings. The van der Waals surface area contributed by atoms with Gasteiger partial charge in [0.25, 0.3) is 0 Å². The maximum Gasteiger partial charge on any atom is 0.344 e. The number of aromatic nitrogens is 2. The number of pyridine rings is 1. The van der Waals surface area contributed by atoms with Gasteiger partial charge in [-0.3, -0.25) is 4.79 Å². The van der Waals surface area contributed by atoms with Crippen molar-refractivity contribution in [1.82, 2.24) is 9.55 Å². The zero-order chi connectivity index (χ0) is 26.0. The highest BCUT2D eigenvalue weighted by atomic mass is 35.5. The zero-order valence-corrected chi connectivity index (χ0v) is 21.0. The Hall–Kier alpha value is -4.04. The summed E-state index contributed by atoms with van der Waals surface area (Å²) in [5.74, 6) is 0.106. The second-order valence-electron chi connectivity index (χ2n) is 8.20. The minimum atomic E-state index is -1.05. The molecule has 0 spiro atoms. The Balaban J connectivity index is 1.81. The van der Waals surface area contributed by atoms with Crippen LogP contribution in [0.1, 0.15) is 34.1 Å². The largest absolute Gasteiger partial charge is 0.497 e. The molecule has 2 heterocycles. The van der Waals surface area contributed by atoms with Gasteiger partial charge in [-0.2, -0.15) is 4.98 Å². The molecule has 4 rings (SSSR count). The Bertz CT molecular complexity index is 1450. The predicted octanol–water partition coefficient (Wildman–Crippen LogP) is 5.15. The summed E-state index contributed by atoms with van der Waals surface area (Å²) in [6.07, 6.45) is -0.990. The van der Waals surface area contributed by atoms with E-state index in [4.69, 9.17) is 30.9 Å². The minimum Gasteiger partial charge on any atom is -0.497 e. The summed E-state index contributed by atoms with van der Waals surface area (Å²) in [7, 11) is 3.05. The number of hydrogen-bond donors (Lipinski definition) is 1. The molecule has 0 fully saturated rings. The van der Waals surface area contributed by atoms with Crippen LogP contribution >= 0.6 is 11.6 Å². The Morgan fingerprint density at radius 3 is 2.42 bits per heavy atom. The third-order valence-corrected chi connectivity index (χ3v) is 6.16. The molecule has 0 aliphatic heterocycles. The Labute approximate surface area is 213 Å². The number of carboxylic acids is 1. The first-order chi connectivity index (χ1) is 17.2. The summed E-state index contributed by atoms with van der Waals surface area (Å²) in [4.78, 5) is 29.4. The molecule has 0 unspecified atom stereocenters. The Morgan fingerprint density at radius 2 is 1.78 bits per heavy atom. The van der Waals surface area contributed by atoms with Crippen LogP contribution in [0.4, 0.5) is 0 Å². The van der Waals surface area contributed by atoms with Crippen molar-refractivity contribution in [2.75, 3.05) is 14.2 Å². The average molecular weight is 509 g/mol. The minimum absolute atomic E-state index is 0.172. The van der Waals surface area contributed by atoms with Gasteiger partial charge in [-0.15, -0.1) is 0 Å². The molecule has 1 N–H and O–H groups in total. The number of carboxylic acid groups (broad SMARTS) is 1. The highest BCUT2D eigenvalue weighted by molar-refractivity contribution is 6.33. The van der Waals surface area contributed by atoms with Gasteiger partial charge in [0.15, 0.2) is 11.9 Å². The average Bonchev–Trinajstić information content (AvgIpc) is 3.13. The molecule has 0 amide bonds. The van der Waals surface area contributed by atoms with Gasteiger partial charge in [0.05, 0.1) is 19.8 Å². The molecular weight excluding hydrogens is 484 g/mol. The normalized spacial score (nSPS) is 11.8. The third kappa shape index (κ3) is 4.85. The van der Waals surface area contributed by atoms with Crippen molar-refractivity contribution in [2.24, 2.45) is 0 Å². The summed E-state index contributed by atoms with van der Waals surface area (Å²) in [6, 6.07) is 15.7. The number of carbonyl (C=O) groups excluding carboxylic acids is 1. The van der Waals surface area contributed by atoms with Crippen LogP contribution in [-0.2, 0) is 11.3 Å². The molecular formula is C27H25ClN2O6. The van der Waals surface area contributed by atoms with E-state index >= 15 is 0 Å². The van der Waals surface area contributed by atoms with Crippen LogP contribution in [0.25, 0.3) is 11.0 Å². The summed E-state index contributed by atoms with van der Waals surface area (Å²) in [5.41, 5.74) is 3.06. The molecule has 2 aromatic carbocycles. The molecule has 9 heteroatoms. The van der Waals surface area contributed by atoms with Crippen molar-refractivity contribution >= 4 is 34.4 Å². The lowest BCUT2D eigenvalue weighted by Crippen LogP contribution is -2.22. The first-order valence-electron chi connectivity index (χ1n) is 11.1. The van der Waals surface area contributed by atoms with E-state index in [2.05, 4.69) is 4.98 Å². The second kappa shape index (κ2) is 10.3. The quantitative estimate of drug-likeness (QED) is 0.312. The Morgan fingerprint density at radius 1 is 1.06 bits per heavy atom. The fraction of sp³-hybridized carbons (Fsp3) is 0.222. The van der Waals surface area contributed by atoms with E-state index in [1.807, 2.05) is 17.6 Å². The van der Waals surface area contributed by atoms with Crippen LogP contribution < -0.4 is 14.2 Å². The summed E-state index contributed by atoms with van der Waals surface area (Å²) in [6.45, 7) is 3.68. The molecule has 186 valence electrons. The van der Waals surface area contributed by atoms with E-state index in [1.165, 1.54) is 14.0 Å². The molecule has 4 aromatic rings. The lowest BCUT2D eigenvalue weighted by Gasteiger charge is -2.13. The number of aliphatic carboxylic acids is 1. The standard InChI is InChI=1S/C27H25ClN2O6/c1-15-23(24(31)18-8-10-19(34-3)11-9-18)21-13-22(28)26(35-4)29-25(21)30(15)14-17-6-5-7-20(12-17)36-16(2)27(32)33/h5-13,16H,14H2,1-4H3,(H,32,33)/t16-/m1/s1. The molecule has 36 heavy (non-hydrogen) atoms. The fourth-order valence-corrected chi connectivity index (χ4v) is 4.23. The highest BCUT2D eigenvalue weighted by Gasteiger charge is 2.24. The van der Waals surface area contributed by atoms with Gasteiger partial charge in [0.2, 0.25) is 5.88 Å². The van der Waals surface area contributed by atoms with Crippen LogP contribution in [0, 0.1) is 6.92 Å². The van der Waals surface area contributed by atoms with Gasteiger partial charge in [0.1, 0.15) is 22.2 Å². The SMILES string of the molecule is COc1ccc(C(=O)c2c(C)n(Cc3cccc(O[C@H](C)C(=O)O)c3)c3nc(OC)c(Cl)cc23)cc1. The summed E-state index contributed by atoms with van der Waals surface area (Å²) < 4.78 is 18.0. The van der Waals surface area contributed by atoms with E-state index in [1.54, 1.807) is 55.6 Å². The van der Waals surface area contributed by atoms with Crippen molar-refractivity contribution in [3.05, 3.63) is 82.0 Å². The van der Waals surface area contributed by atoms with Gasteiger partial charge < -0.3 is 23.9 Å². The first-order valence-corrected chi connectivity index (χ1v) is 11.5. The summed E-state index contributed by atoms with van der Waals surface area (Å²) >= 11 is 6.39. The van der Waals surface area contributed by atoms with Crippen molar-refractivity contribution in [2.45, 2.75) is 26.5 Å². The second-order valence-corrected chi connectivity index (χ2v) is 8.61. The number of ketones is 1. The van der Waals surface area contributed by atoms with Crippen LogP contribution in [0.15, 0.2) is 54.6 Å². The van der Waals surface area contributed by atoms with Crippen molar-refractivity contribution in [3.8, 4) is 17.4 Å². The van der Waals surface area contributed by atoms with Gasteiger partial charge in [0, 0.05) is 23.2 Å². The van der Waals surface area contributed by atoms with Crippen molar-refractivity contribution in [1.29, 1.82) is 0 Å². The lowest BCUT2D eigenvalue weighted by molar-refractivity contribution is -0.144. The van der Waals surface area contributed by atoms with E-state index < -0.39 is 12.1 Å².